The van der Waals surface area contributed by atoms with Crippen LogP contribution in [0.15, 0.2) is 18.2 Å². The predicted octanol–water partition coefficient (Wildman–Crippen LogP) is 3.75. The van der Waals surface area contributed by atoms with Crippen molar-refractivity contribution in [2.75, 3.05) is 5.32 Å². The van der Waals surface area contributed by atoms with E-state index < -0.39 is 35.7 Å². The maximum absolute atomic E-state index is 12.9. The maximum atomic E-state index is 12.9. The van der Waals surface area contributed by atoms with Crippen molar-refractivity contribution in [2.24, 2.45) is 0 Å². The van der Waals surface area contributed by atoms with E-state index in [0.29, 0.717) is 0 Å². The molecule has 0 spiro atoms. The van der Waals surface area contributed by atoms with Gasteiger partial charge in [-0.25, -0.2) is 0 Å². The van der Waals surface area contributed by atoms with Crippen molar-refractivity contribution in [3.05, 3.63) is 28.8 Å². The quantitative estimate of drug-likeness (QED) is 0.814. The summed E-state index contributed by atoms with van der Waals surface area (Å²) in [7, 11) is 0. The van der Waals surface area contributed by atoms with Gasteiger partial charge in [0.15, 0.2) is 0 Å². The number of amides is 2. The van der Waals surface area contributed by atoms with Crippen LogP contribution in [0.5, 0.6) is 0 Å². The number of carbonyl (C=O) groups excluding carboxylic acids is 2. The molecular weight excluding hydrogens is 333 g/mol. The molecule has 0 aromatic heterocycles. The number of nitrogens with one attached hydrogen (secondary N) is 2. The van der Waals surface area contributed by atoms with Gasteiger partial charge in [-0.15, -0.1) is 0 Å². The Hall–Kier alpha value is -1.76. The van der Waals surface area contributed by atoms with Crippen LogP contribution in [0.1, 0.15) is 37.7 Å². The molecule has 2 rings (SSSR count). The molecule has 1 aromatic carbocycles. The predicted molar refractivity (Wildman–Crippen MR) is 80.1 cm³/mol. The molecule has 8 heteroatoms. The standard InChI is InChI=1S/C15H16ClF3N2O2/c16-9-5-6-12(11(7-9)15(17,18)19)21-14(23)8-13(22)20-10-3-1-2-4-10/h5-7,10H,1-4,8H2,(H,20,22)(H,21,23). The van der Waals surface area contributed by atoms with E-state index in [9.17, 15) is 22.8 Å². The minimum atomic E-state index is -4.65. The zero-order valence-corrected chi connectivity index (χ0v) is 12.9. The first-order valence-electron chi connectivity index (χ1n) is 7.21. The summed E-state index contributed by atoms with van der Waals surface area (Å²) in [6.07, 6.45) is -1.39. The molecule has 1 fully saturated rings. The molecule has 23 heavy (non-hydrogen) atoms. The van der Waals surface area contributed by atoms with Gasteiger partial charge in [-0.2, -0.15) is 13.2 Å². The van der Waals surface area contributed by atoms with Gasteiger partial charge >= 0.3 is 6.18 Å². The van der Waals surface area contributed by atoms with E-state index in [4.69, 9.17) is 11.6 Å². The zero-order chi connectivity index (χ0) is 17.0. The first-order valence-corrected chi connectivity index (χ1v) is 7.59. The Morgan fingerprint density at radius 2 is 1.83 bits per heavy atom. The minimum absolute atomic E-state index is 0.0524. The summed E-state index contributed by atoms with van der Waals surface area (Å²) in [6, 6.07) is 3.09. The number of carbonyl (C=O) groups is 2. The molecule has 0 heterocycles. The molecule has 1 aromatic rings. The maximum Gasteiger partial charge on any atom is 0.418 e. The molecule has 1 aliphatic rings. The Morgan fingerprint density at radius 1 is 1.17 bits per heavy atom. The first-order chi connectivity index (χ1) is 10.8. The van der Waals surface area contributed by atoms with Crippen LogP contribution in [0.4, 0.5) is 18.9 Å². The second kappa shape index (κ2) is 7.21. The van der Waals surface area contributed by atoms with Gasteiger partial charge in [0, 0.05) is 11.1 Å². The second-order valence-corrected chi connectivity index (χ2v) is 5.90. The third-order valence-electron chi connectivity index (χ3n) is 3.60. The van der Waals surface area contributed by atoms with Gasteiger partial charge in [0.1, 0.15) is 6.42 Å². The Kier molecular flexibility index (Phi) is 5.51. The highest BCUT2D eigenvalue weighted by atomic mass is 35.5. The fraction of sp³-hybridized carbons (Fsp3) is 0.467. The average molecular weight is 349 g/mol. The largest absolute Gasteiger partial charge is 0.418 e. The fourth-order valence-electron chi connectivity index (χ4n) is 2.55. The van der Waals surface area contributed by atoms with Crippen LogP contribution in [-0.2, 0) is 15.8 Å². The molecular formula is C15H16ClF3N2O2. The van der Waals surface area contributed by atoms with E-state index in [1.54, 1.807) is 0 Å². The second-order valence-electron chi connectivity index (χ2n) is 5.46. The minimum Gasteiger partial charge on any atom is -0.353 e. The number of benzene rings is 1. The van der Waals surface area contributed by atoms with Gasteiger partial charge in [0.25, 0.3) is 0 Å². The van der Waals surface area contributed by atoms with Gasteiger partial charge in [0.05, 0.1) is 11.3 Å². The molecule has 126 valence electrons. The molecule has 0 unspecified atom stereocenters. The van der Waals surface area contributed by atoms with Crippen molar-refractivity contribution in [1.29, 1.82) is 0 Å². The van der Waals surface area contributed by atoms with Crippen molar-refractivity contribution in [1.82, 2.24) is 5.32 Å². The fourth-order valence-corrected chi connectivity index (χ4v) is 2.72. The Balaban J connectivity index is 1.98. The third kappa shape index (κ3) is 5.13. The lowest BCUT2D eigenvalue weighted by Gasteiger charge is -2.15. The summed E-state index contributed by atoms with van der Waals surface area (Å²) in [6.45, 7) is 0. The van der Waals surface area contributed by atoms with Crippen molar-refractivity contribution in [2.45, 2.75) is 44.3 Å². The number of alkyl halides is 3. The van der Waals surface area contributed by atoms with Gasteiger partial charge in [-0.3, -0.25) is 9.59 Å². The molecule has 0 saturated heterocycles. The third-order valence-corrected chi connectivity index (χ3v) is 3.84. The van der Waals surface area contributed by atoms with Gasteiger partial charge in [0.2, 0.25) is 11.8 Å². The molecule has 0 atom stereocenters. The van der Waals surface area contributed by atoms with Crippen LogP contribution in [-0.4, -0.2) is 17.9 Å². The van der Waals surface area contributed by atoms with Crippen LogP contribution < -0.4 is 10.6 Å². The monoisotopic (exact) mass is 348 g/mol. The van der Waals surface area contributed by atoms with Gasteiger partial charge < -0.3 is 10.6 Å². The van der Waals surface area contributed by atoms with Crippen molar-refractivity contribution < 1.29 is 22.8 Å². The first kappa shape index (κ1) is 17.6. The smallest absolute Gasteiger partial charge is 0.353 e. The van der Waals surface area contributed by atoms with Crippen LogP contribution in [0.2, 0.25) is 5.02 Å². The summed E-state index contributed by atoms with van der Waals surface area (Å²) in [5, 5.41) is 4.74. The SMILES string of the molecule is O=C(CC(=O)NC1CCCC1)Nc1ccc(Cl)cc1C(F)(F)F. The van der Waals surface area contributed by atoms with Gasteiger partial charge in [-0.1, -0.05) is 24.4 Å². The number of rotatable bonds is 4. The molecule has 0 radical (unpaired) electrons. The van der Waals surface area contributed by atoms with Crippen LogP contribution in [0, 0.1) is 0 Å². The Labute approximate surface area is 136 Å². The number of halogens is 4. The highest BCUT2D eigenvalue weighted by molar-refractivity contribution is 6.30. The number of hydrogen-bond acceptors (Lipinski definition) is 2. The average Bonchev–Trinajstić information content (AvgIpc) is 2.92. The molecule has 1 aliphatic carbocycles. The summed E-state index contributed by atoms with van der Waals surface area (Å²) < 4.78 is 38.8. The number of anilines is 1. The summed E-state index contributed by atoms with van der Waals surface area (Å²) >= 11 is 5.56. The lowest BCUT2D eigenvalue weighted by molar-refractivity contribution is -0.137. The van der Waals surface area contributed by atoms with E-state index in [2.05, 4.69) is 10.6 Å². The topological polar surface area (TPSA) is 58.2 Å². The van der Waals surface area contributed by atoms with Crippen LogP contribution in [0.3, 0.4) is 0 Å². The molecule has 2 N–H and O–H groups in total. The molecule has 0 bridgehead atoms. The highest BCUT2D eigenvalue weighted by Crippen LogP contribution is 2.36. The Morgan fingerprint density at radius 3 is 2.43 bits per heavy atom. The normalized spacial score (nSPS) is 15.5. The van der Waals surface area contributed by atoms with Crippen LogP contribution in [0.25, 0.3) is 0 Å². The molecule has 0 aliphatic heterocycles. The van der Waals surface area contributed by atoms with E-state index in [0.717, 1.165) is 37.8 Å². The molecule has 4 nitrogen and oxygen atoms in total. The summed E-state index contributed by atoms with van der Waals surface area (Å²) in [5.41, 5.74) is -1.46. The molecule has 1 saturated carbocycles. The van der Waals surface area contributed by atoms with Gasteiger partial charge in [-0.05, 0) is 31.0 Å². The van der Waals surface area contributed by atoms with Crippen molar-refractivity contribution in [3.8, 4) is 0 Å². The van der Waals surface area contributed by atoms with E-state index >= 15 is 0 Å². The number of hydrogen-bond donors (Lipinski definition) is 2. The zero-order valence-electron chi connectivity index (χ0n) is 12.2. The summed E-state index contributed by atoms with van der Waals surface area (Å²) in [4.78, 5) is 23.5. The van der Waals surface area contributed by atoms with E-state index in [-0.39, 0.29) is 11.1 Å². The molecule has 2 amide bonds. The van der Waals surface area contributed by atoms with Crippen molar-refractivity contribution >= 4 is 29.1 Å². The lowest BCUT2D eigenvalue weighted by Crippen LogP contribution is -2.35. The van der Waals surface area contributed by atoms with E-state index in [1.807, 2.05) is 0 Å². The van der Waals surface area contributed by atoms with Crippen molar-refractivity contribution in [3.63, 3.8) is 0 Å². The van der Waals surface area contributed by atoms with E-state index in [1.165, 1.54) is 6.07 Å². The summed E-state index contributed by atoms with van der Waals surface area (Å²) in [5.74, 6) is -1.29. The highest BCUT2D eigenvalue weighted by Gasteiger charge is 2.34. The lowest BCUT2D eigenvalue weighted by atomic mass is 10.1. The Bertz CT molecular complexity index is 599. The van der Waals surface area contributed by atoms with Crippen LogP contribution >= 0.6 is 11.6 Å².